The van der Waals surface area contributed by atoms with Crippen LogP contribution in [0.1, 0.15) is 18.9 Å². The Hall–Kier alpha value is -1.56. The summed E-state index contributed by atoms with van der Waals surface area (Å²) < 4.78 is 40.8. The molecule has 18 heavy (non-hydrogen) atoms. The van der Waals surface area contributed by atoms with Gasteiger partial charge in [0.15, 0.2) is 11.5 Å². The molecule has 0 radical (unpaired) electrons. The molecule has 2 aliphatic rings. The number of hydrogen-bond acceptors (Lipinski definition) is 4. The molecule has 2 aliphatic heterocycles. The van der Waals surface area contributed by atoms with Crippen LogP contribution in [0.3, 0.4) is 0 Å². The molecular formula is C12H13F2NO3. The van der Waals surface area contributed by atoms with Gasteiger partial charge in [0.05, 0.1) is 0 Å². The first kappa shape index (κ1) is 11.5. The second-order valence-corrected chi connectivity index (χ2v) is 4.33. The summed E-state index contributed by atoms with van der Waals surface area (Å²) in [5.74, 6) is 0.386. The van der Waals surface area contributed by atoms with Gasteiger partial charge in [0.1, 0.15) is 6.10 Å². The topological polar surface area (TPSA) is 39.7 Å². The van der Waals surface area contributed by atoms with Crippen LogP contribution in [0.2, 0.25) is 0 Å². The van der Waals surface area contributed by atoms with Crippen molar-refractivity contribution in [2.45, 2.75) is 32.3 Å². The van der Waals surface area contributed by atoms with Gasteiger partial charge in [-0.15, -0.1) is 8.78 Å². The van der Waals surface area contributed by atoms with Gasteiger partial charge in [-0.05, 0) is 12.5 Å². The van der Waals surface area contributed by atoms with Crippen LogP contribution in [-0.4, -0.2) is 18.9 Å². The van der Waals surface area contributed by atoms with E-state index in [9.17, 15) is 8.78 Å². The molecule has 1 aromatic rings. The molecule has 0 saturated heterocycles. The lowest BCUT2D eigenvalue weighted by atomic mass is 10.1. The van der Waals surface area contributed by atoms with E-state index < -0.39 is 6.29 Å². The van der Waals surface area contributed by atoms with Gasteiger partial charge in [-0.2, -0.15) is 0 Å². The zero-order valence-corrected chi connectivity index (χ0v) is 9.83. The Bertz CT molecular complexity index is 479. The lowest BCUT2D eigenvalue weighted by Crippen LogP contribution is -2.28. The van der Waals surface area contributed by atoms with E-state index in [1.54, 1.807) is 6.07 Å². The third kappa shape index (κ3) is 1.86. The van der Waals surface area contributed by atoms with Crippen LogP contribution in [0, 0.1) is 0 Å². The van der Waals surface area contributed by atoms with E-state index in [-0.39, 0.29) is 17.6 Å². The maximum atomic E-state index is 13.1. The van der Waals surface area contributed by atoms with Crippen LogP contribution >= 0.6 is 0 Å². The average Bonchev–Trinajstić information content (AvgIpc) is 2.53. The molecule has 3 rings (SSSR count). The van der Waals surface area contributed by atoms with Crippen molar-refractivity contribution in [1.29, 1.82) is 0 Å². The molecule has 4 nitrogen and oxygen atoms in total. The summed E-state index contributed by atoms with van der Waals surface area (Å²) in [6, 6.07) is 3.19. The van der Waals surface area contributed by atoms with Crippen LogP contribution in [0.15, 0.2) is 12.1 Å². The van der Waals surface area contributed by atoms with Crippen molar-refractivity contribution < 1.29 is 23.0 Å². The maximum absolute atomic E-state index is 13.1. The van der Waals surface area contributed by atoms with E-state index in [0.29, 0.717) is 18.8 Å². The zero-order valence-electron chi connectivity index (χ0n) is 9.83. The van der Waals surface area contributed by atoms with E-state index in [0.717, 1.165) is 12.0 Å². The fourth-order valence-corrected chi connectivity index (χ4v) is 2.10. The number of rotatable bonds is 1. The first-order valence-corrected chi connectivity index (χ1v) is 5.88. The van der Waals surface area contributed by atoms with Crippen molar-refractivity contribution in [3.05, 3.63) is 17.7 Å². The predicted molar refractivity (Wildman–Crippen MR) is 59.1 cm³/mol. The fourth-order valence-electron chi connectivity index (χ4n) is 2.10. The van der Waals surface area contributed by atoms with E-state index >= 15 is 0 Å². The third-order valence-corrected chi connectivity index (χ3v) is 3.03. The van der Waals surface area contributed by atoms with E-state index in [1.807, 2.05) is 6.92 Å². The van der Waals surface area contributed by atoms with Crippen molar-refractivity contribution in [3.8, 4) is 17.2 Å². The number of nitrogens with one attached hydrogen (secondary N) is 1. The molecule has 0 amide bonds. The van der Waals surface area contributed by atoms with Gasteiger partial charge in [0.2, 0.25) is 5.75 Å². The largest absolute Gasteiger partial charge is 0.586 e. The lowest BCUT2D eigenvalue weighted by Gasteiger charge is -2.16. The number of alkyl halides is 2. The smallest absolute Gasteiger partial charge is 0.485 e. The molecule has 98 valence electrons. The molecule has 0 aliphatic carbocycles. The normalized spacial score (nSPS) is 24.1. The Morgan fingerprint density at radius 2 is 2.17 bits per heavy atom. The van der Waals surface area contributed by atoms with Crippen molar-refractivity contribution >= 4 is 0 Å². The standard InChI is InChI=1S/C12H13F2NO3/c1-2-8-6-15-5-7-3-4-9-11(10(7)16-8)18-12(13,14)17-9/h3-4,8,15H,2,5-6H2,1H3/t8-/m1/s1. The molecule has 1 atom stereocenters. The highest BCUT2D eigenvalue weighted by atomic mass is 19.3. The van der Waals surface area contributed by atoms with Gasteiger partial charge in [-0.3, -0.25) is 0 Å². The van der Waals surface area contributed by atoms with Crippen molar-refractivity contribution in [2.75, 3.05) is 6.54 Å². The van der Waals surface area contributed by atoms with Crippen molar-refractivity contribution in [3.63, 3.8) is 0 Å². The first-order chi connectivity index (χ1) is 8.59. The minimum atomic E-state index is -3.61. The van der Waals surface area contributed by atoms with Crippen LogP contribution in [0.4, 0.5) is 8.78 Å². The summed E-state index contributed by atoms with van der Waals surface area (Å²) in [5, 5.41) is 3.21. The molecule has 1 N–H and O–H groups in total. The molecule has 6 heteroatoms. The SMILES string of the molecule is CC[C@@H]1CNCc2ccc3c(c2O1)OC(F)(F)O3. The molecule has 0 aromatic heterocycles. The first-order valence-electron chi connectivity index (χ1n) is 5.88. The van der Waals surface area contributed by atoms with Crippen LogP contribution in [0.5, 0.6) is 17.2 Å². The Labute approximate surface area is 103 Å². The van der Waals surface area contributed by atoms with E-state index in [1.165, 1.54) is 6.07 Å². The van der Waals surface area contributed by atoms with Gasteiger partial charge in [-0.25, -0.2) is 0 Å². The molecule has 1 aromatic carbocycles. The highest BCUT2D eigenvalue weighted by Gasteiger charge is 2.46. The number of halogens is 2. The Morgan fingerprint density at radius 3 is 2.94 bits per heavy atom. The average molecular weight is 257 g/mol. The van der Waals surface area contributed by atoms with Gasteiger partial charge >= 0.3 is 6.29 Å². The third-order valence-electron chi connectivity index (χ3n) is 3.03. The Morgan fingerprint density at radius 1 is 1.33 bits per heavy atom. The number of benzene rings is 1. The number of ether oxygens (including phenoxy) is 3. The molecule has 0 saturated carbocycles. The molecule has 2 heterocycles. The van der Waals surface area contributed by atoms with Crippen molar-refractivity contribution in [2.24, 2.45) is 0 Å². The quantitative estimate of drug-likeness (QED) is 0.837. The van der Waals surface area contributed by atoms with Gasteiger partial charge in [0.25, 0.3) is 0 Å². The summed E-state index contributed by atoms with van der Waals surface area (Å²) in [6.45, 7) is 3.22. The van der Waals surface area contributed by atoms with Crippen LogP contribution in [0.25, 0.3) is 0 Å². The summed E-state index contributed by atoms with van der Waals surface area (Å²) >= 11 is 0. The second kappa shape index (κ2) is 3.98. The predicted octanol–water partition coefficient (Wildman–Crippen LogP) is 2.27. The highest BCUT2D eigenvalue weighted by Crippen LogP contribution is 2.49. The summed E-state index contributed by atoms with van der Waals surface area (Å²) in [5.41, 5.74) is 0.797. The highest BCUT2D eigenvalue weighted by molar-refractivity contribution is 5.57. The molecule has 0 unspecified atom stereocenters. The molecular weight excluding hydrogens is 244 g/mol. The zero-order chi connectivity index (χ0) is 12.8. The minimum Gasteiger partial charge on any atom is -0.485 e. The Kier molecular flexibility index (Phi) is 2.55. The van der Waals surface area contributed by atoms with E-state index in [4.69, 9.17) is 4.74 Å². The van der Waals surface area contributed by atoms with E-state index in [2.05, 4.69) is 14.8 Å². The summed E-state index contributed by atoms with van der Waals surface area (Å²) in [4.78, 5) is 0. The van der Waals surface area contributed by atoms with Crippen LogP contribution in [-0.2, 0) is 6.54 Å². The number of fused-ring (bicyclic) bond motifs is 3. The second-order valence-electron chi connectivity index (χ2n) is 4.33. The molecule has 0 spiro atoms. The summed E-state index contributed by atoms with van der Waals surface area (Å²) in [6.07, 6.45) is -2.88. The monoisotopic (exact) mass is 257 g/mol. The van der Waals surface area contributed by atoms with Gasteiger partial charge < -0.3 is 19.5 Å². The van der Waals surface area contributed by atoms with Gasteiger partial charge in [-0.1, -0.05) is 13.0 Å². The fraction of sp³-hybridized carbons (Fsp3) is 0.500. The minimum absolute atomic E-state index is 0.000324. The Balaban J connectivity index is 2.02. The molecule has 0 bridgehead atoms. The molecule has 0 fully saturated rings. The summed E-state index contributed by atoms with van der Waals surface area (Å²) in [7, 11) is 0. The van der Waals surface area contributed by atoms with Crippen LogP contribution < -0.4 is 19.5 Å². The maximum Gasteiger partial charge on any atom is 0.586 e. The van der Waals surface area contributed by atoms with Gasteiger partial charge in [0, 0.05) is 18.7 Å². The lowest BCUT2D eigenvalue weighted by molar-refractivity contribution is -0.287. The number of hydrogen-bond donors (Lipinski definition) is 1. The van der Waals surface area contributed by atoms with Crippen molar-refractivity contribution in [1.82, 2.24) is 5.32 Å².